The summed E-state index contributed by atoms with van der Waals surface area (Å²) >= 11 is 0. The minimum Gasteiger partial charge on any atom is -0.480 e. The van der Waals surface area contributed by atoms with Crippen molar-refractivity contribution in [2.75, 3.05) is 5.32 Å². The van der Waals surface area contributed by atoms with E-state index in [4.69, 9.17) is 9.40 Å². The van der Waals surface area contributed by atoms with Crippen molar-refractivity contribution in [3.63, 3.8) is 0 Å². The maximum Gasteiger partial charge on any atom is 0.326 e. The Balaban J connectivity index is 1.68. The third-order valence-electron chi connectivity index (χ3n) is 4.77. The van der Waals surface area contributed by atoms with Crippen LogP contribution in [0.2, 0.25) is 0 Å². The molecule has 7 heteroatoms. The highest BCUT2D eigenvalue weighted by molar-refractivity contribution is 5.77. The molecule has 0 aliphatic carbocycles. The number of halogens is 1. The van der Waals surface area contributed by atoms with Gasteiger partial charge in [0.2, 0.25) is 0 Å². The fourth-order valence-electron chi connectivity index (χ4n) is 3.25. The molecule has 0 fully saturated rings. The first-order valence-corrected chi connectivity index (χ1v) is 9.76. The van der Waals surface area contributed by atoms with E-state index in [-0.39, 0.29) is 12.2 Å². The van der Waals surface area contributed by atoms with E-state index in [2.05, 4.69) is 10.3 Å². The monoisotopic (exact) mass is 417 g/mol. The van der Waals surface area contributed by atoms with Crippen molar-refractivity contribution in [2.45, 2.75) is 18.9 Å². The van der Waals surface area contributed by atoms with E-state index in [1.807, 2.05) is 30.3 Å². The zero-order chi connectivity index (χ0) is 21.6. The zero-order valence-corrected chi connectivity index (χ0v) is 16.5. The van der Waals surface area contributed by atoms with Crippen LogP contribution in [0.5, 0.6) is 0 Å². The van der Waals surface area contributed by atoms with Crippen molar-refractivity contribution in [1.29, 1.82) is 0 Å². The van der Waals surface area contributed by atoms with Crippen molar-refractivity contribution >= 4 is 11.8 Å². The Bertz CT molecular complexity index is 1160. The molecule has 0 bridgehead atoms. The lowest BCUT2D eigenvalue weighted by Gasteiger charge is -2.17. The highest BCUT2D eigenvalue weighted by Gasteiger charge is 2.22. The highest BCUT2D eigenvalue weighted by atomic mass is 19.1. The molecule has 1 unspecified atom stereocenters. The molecule has 2 heterocycles. The number of carboxylic acids is 1. The first kappa shape index (κ1) is 20.3. The summed E-state index contributed by atoms with van der Waals surface area (Å²) in [6.07, 6.45) is 3.53. The molecule has 0 saturated heterocycles. The molecule has 6 nitrogen and oxygen atoms in total. The van der Waals surface area contributed by atoms with Gasteiger partial charge in [0.1, 0.15) is 23.4 Å². The quantitative estimate of drug-likeness (QED) is 0.437. The number of anilines is 1. The molecule has 2 aromatic heterocycles. The molecule has 2 N–H and O–H groups in total. The molecule has 1 atom stereocenters. The van der Waals surface area contributed by atoms with Crippen LogP contribution in [-0.2, 0) is 17.6 Å². The number of carbonyl (C=O) groups is 1. The molecule has 31 heavy (non-hydrogen) atoms. The number of hydrogen-bond acceptors (Lipinski definition) is 5. The molecule has 0 aliphatic rings. The van der Waals surface area contributed by atoms with Gasteiger partial charge in [0, 0.05) is 18.4 Å². The van der Waals surface area contributed by atoms with Crippen LogP contribution >= 0.6 is 0 Å². The molecular formula is C24H20FN3O3. The van der Waals surface area contributed by atoms with Crippen molar-refractivity contribution in [3.05, 3.63) is 102 Å². The standard InChI is InChI=1S/C24H20FN3O3/c25-18-9-4-6-16(12-18)13-20-23(26-15-22(27-20)17-7-2-1-3-8-17)28-21(24(29)30)14-19-10-5-11-31-19/h1-12,15,21H,13-14H2,(H,26,28)(H,29,30). The van der Waals surface area contributed by atoms with Crippen LogP contribution in [0.4, 0.5) is 10.2 Å². The molecule has 0 spiro atoms. The second kappa shape index (κ2) is 9.21. The third-order valence-corrected chi connectivity index (χ3v) is 4.77. The van der Waals surface area contributed by atoms with Crippen molar-refractivity contribution in [3.8, 4) is 11.3 Å². The van der Waals surface area contributed by atoms with Crippen LogP contribution in [0, 0.1) is 5.82 Å². The molecule has 0 saturated carbocycles. The van der Waals surface area contributed by atoms with Crippen LogP contribution in [0.25, 0.3) is 11.3 Å². The molecule has 156 valence electrons. The number of hydrogen-bond donors (Lipinski definition) is 2. The van der Waals surface area contributed by atoms with Crippen LogP contribution in [-0.4, -0.2) is 27.1 Å². The molecular weight excluding hydrogens is 397 g/mol. The van der Waals surface area contributed by atoms with Gasteiger partial charge in [0.25, 0.3) is 0 Å². The average molecular weight is 417 g/mol. The van der Waals surface area contributed by atoms with Gasteiger partial charge in [-0.15, -0.1) is 0 Å². The van der Waals surface area contributed by atoms with E-state index in [0.717, 1.165) is 5.56 Å². The van der Waals surface area contributed by atoms with Crippen molar-refractivity contribution < 1.29 is 18.7 Å². The second-order valence-electron chi connectivity index (χ2n) is 7.04. The number of furan rings is 1. The number of carboxylic acid groups (broad SMARTS) is 1. The number of aliphatic carboxylic acids is 1. The second-order valence-corrected chi connectivity index (χ2v) is 7.04. The highest BCUT2D eigenvalue weighted by Crippen LogP contribution is 2.23. The summed E-state index contributed by atoms with van der Waals surface area (Å²) in [5.74, 6) is -0.509. The number of benzene rings is 2. The molecule has 2 aromatic carbocycles. The Hall–Kier alpha value is -4.00. The smallest absolute Gasteiger partial charge is 0.326 e. The van der Waals surface area contributed by atoms with E-state index in [9.17, 15) is 14.3 Å². The zero-order valence-electron chi connectivity index (χ0n) is 16.5. The minimum atomic E-state index is -1.04. The van der Waals surface area contributed by atoms with Gasteiger partial charge in [0.15, 0.2) is 0 Å². The van der Waals surface area contributed by atoms with Crippen molar-refractivity contribution in [1.82, 2.24) is 9.97 Å². The number of nitrogens with zero attached hydrogens (tertiary/aromatic N) is 2. The van der Waals surface area contributed by atoms with Gasteiger partial charge in [-0.1, -0.05) is 42.5 Å². The Labute approximate surface area is 178 Å². The predicted octanol–water partition coefficient (Wildman–Crippen LogP) is 4.57. The number of aromatic nitrogens is 2. The Morgan fingerprint density at radius 2 is 1.94 bits per heavy atom. The maximum absolute atomic E-state index is 13.7. The van der Waals surface area contributed by atoms with E-state index >= 15 is 0 Å². The maximum atomic E-state index is 13.7. The van der Waals surface area contributed by atoms with E-state index in [1.54, 1.807) is 30.5 Å². The predicted molar refractivity (Wildman–Crippen MR) is 114 cm³/mol. The van der Waals surface area contributed by atoms with Gasteiger partial charge in [0.05, 0.1) is 23.8 Å². The molecule has 4 rings (SSSR count). The summed E-state index contributed by atoms with van der Waals surface area (Å²) in [5, 5.41) is 12.7. The average Bonchev–Trinajstić information content (AvgIpc) is 3.28. The summed E-state index contributed by atoms with van der Waals surface area (Å²) < 4.78 is 19.0. The van der Waals surface area contributed by atoms with Crippen LogP contribution in [0.1, 0.15) is 17.0 Å². The normalized spacial score (nSPS) is 11.8. The Morgan fingerprint density at radius 1 is 1.10 bits per heavy atom. The fraction of sp³-hybridized carbons (Fsp3) is 0.125. The topological polar surface area (TPSA) is 88.2 Å². The number of rotatable bonds is 8. The van der Waals surface area contributed by atoms with E-state index in [0.29, 0.717) is 35.0 Å². The SMILES string of the molecule is O=C(O)C(Cc1ccco1)Nc1ncc(-c2ccccc2)nc1Cc1cccc(F)c1. The van der Waals surface area contributed by atoms with Gasteiger partial charge in [-0.05, 0) is 29.8 Å². The van der Waals surface area contributed by atoms with Gasteiger partial charge >= 0.3 is 5.97 Å². The van der Waals surface area contributed by atoms with Crippen LogP contribution in [0.15, 0.2) is 83.6 Å². The van der Waals surface area contributed by atoms with Gasteiger partial charge < -0.3 is 14.8 Å². The largest absolute Gasteiger partial charge is 0.480 e. The summed E-state index contributed by atoms with van der Waals surface area (Å²) in [4.78, 5) is 21.0. The lowest BCUT2D eigenvalue weighted by atomic mass is 10.1. The first-order valence-electron chi connectivity index (χ1n) is 9.76. The third kappa shape index (κ3) is 5.14. The molecule has 0 aliphatic heterocycles. The van der Waals surface area contributed by atoms with Gasteiger partial charge in [-0.3, -0.25) is 0 Å². The summed E-state index contributed by atoms with van der Waals surface area (Å²) in [5.41, 5.74) is 2.76. The number of nitrogens with one attached hydrogen (secondary N) is 1. The molecule has 0 amide bonds. The summed E-state index contributed by atoms with van der Waals surface area (Å²) in [7, 11) is 0. The summed E-state index contributed by atoms with van der Waals surface area (Å²) in [6, 6.07) is 18.2. The van der Waals surface area contributed by atoms with E-state index < -0.39 is 12.0 Å². The molecule has 0 radical (unpaired) electrons. The lowest BCUT2D eigenvalue weighted by Crippen LogP contribution is -2.32. The Kier molecular flexibility index (Phi) is 6.03. The van der Waals surface area contributed by atoms with E-state index in [1.165, 1.54) is 18.4 Å². The van der Waals surface area contributed by atoms with Crippen LogP contribution < -0.4 is 5.32 Å². The first-order chi connectivity index (χ1) is 15.1. The van der Waals surface area contributed by atoms with Crippen LogP contribution in [0.3, 0.4) is 0 Å². The van der Waals surface area contributed by atoms with Gasteiger partial charge in [-0.2, -0.15) is 0 Å². The molecule has 4 aromatic rings. The lowest BCUT2D eigenvalue weighted by molar-refractivity contribution is -0.138. The fourth-order valence-corrected chi connectivity index (χ4v) is 3.25. The summed E-state index contributed by atoms with van der Waals surface area (Å²) in [6.45, 7) is 0. The Morgan fingerprint density at radius 3 is 2.65 bits per heavy atom. The van der Waals surface area contributed by atoms with Crippen molar-refractivity contribution in [2.24, 2.45) is 0 Å². The van der Waals surface area contributed by atoms with Gasteiger partial charge in [-0.25, -0.2) is 19.2 Å². The minimum absolute atomic E-state index is 0.143.